The SMILES string of the molecule is CCN(C(C)C)C(C)C.Cc1cnc(Nc2ccc3c(c2)CCC(=O)N3)nc1Cl.Cc1cnc(Nc2ccc3c(c2)CCC(=O)N3)nc1N(CCO)CCO.Cc1cnc(Nc2ccc3c(c2)CCC(=O)N3)nc1OCCNCCO.OCCNCCO. The Morgan fingerprint density at radius 2 is 0.932 bits per heavy atom. The number of benzene rings is 3. The van der Waals surface area contributed by atoms with Gasteiger partial charge in [-0.1, -0.05) is 18.5 Å². The maximum Gasteiger partial charge on any atom is 0.230 e. The molecule has 3 amide bonds. The van der Waals surface area contributed by atoms with Crippen molar-refractivity contribution in [3.05, 3.63) is 112 Å². The molecule has 478 valence electrons. The predicted octanol–water partition coefficient (Wildman–Crippen LogP) is 6.33. The fourth-order valence-electron chi connectivity index (χ4n) is 9.30. The molecule has 0 saturated heterocycles. The first-order valence-corrected chi connectivity index (χ1v) is 30.1. The summed E-state index contributed by atoms with van der Waals surface area (Å²) >= 11 is 5.97. The molecule has 0 bridgehead atoms. The molecule has 3 aromatic heterocycles. The molecule has 6 aromatic rings. The lowest BCUT2D eigenvalue weighted by atomic mass is 10.0. The van der Waals surface area contributed by atoms with E-state index < -0.39 is 0 Å². The number of nitrogens with zero attached hydrogens (tertiary/aromatic N) is 8. The van der Waals surface area contributed by atoms with Gasteiger partial charge in [0.1, 0.15) is 17.6 Å². The lowest BCUT2D eigenvalue weighted by molar-refractivity contribution is -0.117. The van der Waals surface area contributed by atoms with Crippen molar-refractivity contribution < 1.29 is 44.7 Å². The zero-order valence-electron chi connectivity index (χ0n) is 51.8. The molecule has 0 spiro atoms. The van der Waals surface area contributed by atoms with E-state index >= 15 is 0 Å². The predicted molar refractivity (Wildman–Crippen MR) is 347 cm³/mol. The number of carbonyl (C=O) groups excluding carboxylic acids is 3. The Labute approximate surface area is 521 Å². The van der Waals surface area contributed by atoms with E-state index in [2.05, 4.69) is 112 Å². The molecule has 3 aliphatic rings. The molecule has 0 unspecified atom stereocenters. The molecule has 0 saturated carbocycles. The van der Waals surface area contributed by atoms with E-state index in [4.69, 9.17) is 31.7 Å². The van der Waals surface area contributed by atoms with Crippen LogP contribution in [0.5, 0.6) is 5.88 Å². The Hall–Kier alpha value is -7.72. The molecule has 13 N–H and O–H groups in total. The van der Waals surface area contributed by atoms with Gasteiger partial charge in [0.25, 0.3) is 0 Å². The van der Waals surface area contributed by atoms with Gasteiger partial charge < -0.3 is 77.7 Å². The van der Waals surface area contributed by atoms with Crippen molar-refractivity contribution in [3.63, 3.8) is 0 Å². The van der Waals surface area contributed by atoms with Crippen LogP contribution in [0.1, 0.15) is 87.3 Å². The van der Waals surface area contributed by atoms with Crippen molar-refractivity contribution in [3.8, 4) is 5.88 Å². The number of rotatable bonds is 24. The Morgan fingerprint density at radius 3 is 1.32 bits per heavy atom. The highest BCUT2D eigenvalue weighted by Crippen LogP contribution is 2.30. The van der Waals surface area contributed by atoms with Crippen LogP contribution in [0.2, 0.25) is 5.15 Å². The van der Waals surface area contributed by atoms with Crippen LogP contribution >= 0.6 is 11.6 Å². The number of hydrogen-bond donors (Lipinski definition) is 13. The van der Waals surface area contributed by atoms with Crippen LogP contribution < -0.4 is 52.2 Å². The Kier molecular flexibility index (Phi) is 30.6. The van der Waals surface area contributed by atoms with E-state index in [1.54, 1.807) is 18.6 Å². The molecule has 0 radical (unpaired) electrons. The normalized spacial score (nSPS) is 12.8. The van der Waals surface area contributed by atoms with Crippen LogP contribution in [0, 0.1) is 20.8 Å². The van der Waals surface area contributed by atoms with Gasteiger partial charge in [-0.2, -0.15) is 9.97 Å². The van der Waals surface area contributed by atoms with E-state index in [9.17, 15) is 24.6 Å². The molecule has 0 aliphatic carbocycles. The van der Waals surface area contributed by atoms with Crippen LogP contribution in [-0.4, -0.2) is 176 Å². The average Bonchev–Trinajstić information content (AvgIpc) is 3.65. The number of ether oxygens (including phenoxy) is 1. The summed E-state index contributed by atoms with van der Waals surface area (Å²) in [4.78, 5) is 64.4. The van der Waals surface area contributed by atoms with Gasteiger partial charge in [-0.25, -0.2) is 19.9 Å². The summed E-state index contributed by atoms with van der Waals surface area (Å²) in [5, 5.41) is 67.8. The summed E-state index contributed by atoms with van der Waals surface area (Å²) in [6.45, 7) is 21.8. The van der Waals surface area contributed by atoms with E-state index in [0.29, 0.717) is 118 Å². The molecule has 3 aromatic carbocycles. The van der Waals surface area contributed by atoms with Crippen LogP contribution in [0.3, 0.4) is 0 Å². The summed E-state index contributed by atoms with van der Waals surface area (Å²) in [5.41, 5.74) is 11.0. The fourth-order valence-corrected chi connectivity index (χ4v) is 9.43. The van der Waals surface area contributed by atoms with Gasteiger partial charge in [0.15, 0.2) is 0 Å². The van der Waals surface area contributed by atoms with Gasteiger partial charge in [0.2, 0.25) is 41.4 Å². The summed E-state index contributed by atoms with van der Waals surface area (Å²) in [7, 11) is 0. The third kappa shape index (κ3) is 23.8. The summed E-state index contributed by atoms with van der Waals surface area (Å²) in [5.74, 6) is 2.70. The number of anilines is 10. The lowest BCUT2D eigenvalue weighted by Crippen LogP contribution is -2.36. The highest BCUT2D eigenvalue weighted by atomic mass is 35.5. The summed E-state index contributed by atoms with van der Waals surface area (Å²) < 4.78 is 5.68. The average molecular weight is 1240 g/mol. The number of amides is 3. The topological polar surface area (TPSA) is 342 Å². The number of nitrogens with one attached hydrogen (secondary N) is 8. The Balaban J connectivity index is 0.000000215. The third-order valence-corrected chi connectivity index (χ3v) is 14.0. The van der Waals surface area contributed by atoms with Gasteiger partial charge >= 0.3 is 0 Å². The number of aromatic nitrogens is 6. The maximum absolute atomic E-state index is 11.5. The minimum absolute atomic E-state index is 0.0251. The first-order valence-electron chi connectivity index (χ1n) is 29.7. The van der Waals surface area contributed by atoms with Crippen molar-refractivity contribution in [2.75, 3.05) is 122 Å². The van der Waals surface area contributed by atoms with Crippen molar-refractivity contribution in [1.82, 2.24) is 45.4 Å². The maximum atomic E-state index is 11.5. The lowest BCUT2D eigenvalue weighted by Gasteiger charge is -2.28. The van der Waals surface area contributed by atoms with Gasteiger partial charge in [-0.15, -0.1) is 0 Å². The second-order valence-corrected chi connectivity index (χ2v) is 21.5. The van der Waals surface area contributed by atoms with E-state index in [1.807, 2.05) is 80.3 Å². The minimum atomic E-state index is -0.0251. The second kappa shape index (κ2) is 37.9. The highest BCUT2D eigenvalue weighted by Gasteiger charge is 2.19. The molecular weight excluding hydrogens is 1150 g/mol. The van der Waals surface area contributed by atoms with Crippen LogP contribution in [0.25, 0.3) is 0 Å². The molecule has 0 fully saturated rings. The number of hydrogen-bond acceptors (Lipinski definition) is 22. The largest absolute Gasteiger partial charge is 0.476 e. The van der Waals surface area contributed by atoms with Crippen LogP contribution in [-0.2, 0) is 33.6 Å². The van der Waals surface area contributed by atoms with Gasteiger partial charge in [0.05, 0.1) is 33.0 Å². The number of aliphatic hydroxyl groups excluding tert-OH is 5. The molecule has 9 rings (SSSR count). The van der Waals surface area contributed by atoms with E-state index in [-0.39, 0.29) is 50.8 Å². The number of aliphatic hydroxyl groups is 5. The zero-order chi connectivity index (χ0) is 64.0. The highest BCUT2D eigenvalue weighted by molar-refractivity contribution is 6.30. The first-order chi connectivity index (χ1) is 42.4. The molecule has 3 aliphatic heterocycles. The summed E-state index contributed by atoms with van der Waals surface area (Å²) in [6.07, 6.45) is 8.78. The number of halogens is 1. The Bertz CT molecular complexity index is 3140. The van der Waals surface area contributed by atoms with Crippen molar-refractivity contribution in [2.45, 2.75) is 106 Å². The smallest absolute Gasteiger partial charge is 0.230 e. The second-order valence-electron chi connectivity index (χ2n) is 21.2. The first kappa shape index (κ1) is 71.0. The van der Waals surface area contributed by atoms with Crippen molar-refractivity contribution >= 4 is 87.1 Å². The van der Waals surface area contributed by atoms with Gasteiger partial charge in [-0.3, -0.25) is 19.3 Å². The molecule has 26 heteroatoms. The molecule has 0 atom stereocenters. The van der Waals surface area contributed by atoms with Crippen LogP contribution in [0.15, 0.2) is 73.2 Å². The van der Waals surface area contributed by atoms with E-state index in [0.717, 1.165) is 86.9 Å². The van der Waals surface area contributed by atoms with Gasteiger partial charge in [0, 0.05) is 140 Å². The van der Waals surface area contributed by atoms with Crippen LogP contribution in [0.4, 0.5) is 57.8 Å². The monoisotopic (exact) mass is 1240 g/mol. The molecular formula is C62H89ClN16O9. The Morgan fingerprint density at radius 1 is 0.534 bits per heavy atom. The molecule has 6 heterocycles. The quantitative estimate of drug-likeness (QED) is 0.0232. The number of fused-ring (bicyclic) bond motifs is 3. The standard InChI is InChI=1S/2C18H23N5O3.C14H13ClN4O.C8H19N.C4H11NO2/c1-12-11-19-18(22-17(12)23(6-8-24)7-9-25)20-14-3-4-15-13(10-14)2-5-16(26)21-15;1-12-11-20-18(23-17(12)26-9-7-19-6-8-24)21-14-3-4-15-13(10-14)2-5-16(25)22-15;1-8-7-16-14(19-13(8)15)17-10-3-4-11-9(6-10)2-5-12(20)18-11;1-6-9(7(2)3)8(4)5;6-3-1-5-2-4-7/h3-4,10-11,24-25H,2,5-9H2,1H3,(H,21,26)(H,19,20,22);3-4,10-11,19,24H,2,5-9H2,1H3,(H,22,25)(H,20,21,23);3-4,6-7H,2,5H2,1H3,(H,18,20)(H,16,17,19);7-8H,6H2,1-5H3;5-7H,1-4H2. The zero-order valence-corrected chi connectivity index (χ0v) is 52.6. The molecule has 88 heavy (non-hydrogen) atoms. The number of aryl methyl sites for hydroxylation is 6. The molecule has 25 nitrogen and oxygen atoms in total. The van der Waals surface area contributed by atoms with Crippen molar-refractivity contribution in [1.29, 1.82) is 0 Å². The van der Waals surface area contributed by atoms with E-state index in [1.165, 1.54) is 0 Å². The third-order valence-electron chi connectivity index (χ3n) is 13.7. The van der Waals surface area contributed by atoms with Crippen molar-refractivity contribution in [2.24, 2.45) is 0 Å². The minimum Gasteiger partial charge on any atom is -0.476 e. The van der Waals surface area contributed by atoms with Gasteiger partial charge in [-0.05, 0) is 146 Å². The fraction of sp³-hybridized carbons (Fsp3) is 0.468. The number of carbonyl (C=O) groups is 3. The summed E-state index contributed by atoms with van der Waals surface area (Å²) in [6, 6.07) is 18.6.